The van der Waals surface area contributed by atoms with E-state index < -0.39 is 10.2 Å². The summed E-state index contributed by atoms with van der Waals surface area (Å²) in [4.78, 5) is 16.5. The van der Waals surface area contributed by atoms with E-state index in [1.165, 1.54) is 0 Å². The van der Waals surface area contributed by atoms with E-state index in [1.54, 1.807) is 0 Å². The zero-order valence-electron chi connectivity index (χ0n) is 7.50. The molecule has 0 atom stereocenters. The van der Waals surface area contributed by atoms with E-state index in [0.717, 1.165) is 7.11 Å². The monoisotopic (exact) mass is 342 g/mol. The van der Waals surface area contributed by atoms with Gasteiger partial charge in [-0.05, 0) is 0 Å². The first-order valence-electron chi connectivity index (χ1n) is 1.54. The molecular weight excluding hydrogens is 328 g/mol. The molecule has 0 fully saturated rings. The molecule has 0 aliphatic carbocycles. The second kappa shape index (κ2) is 73.5. The molecule has 15 heavy (non-hydrogen) atoms. The normalized spacial score (nSPS) is 3.60. The molecule has 14 heteroatoms. The molecule has 0 aromatic heterocycles. The fourth-order valence-corrected chi connectivity index (χ4v) is 0. The summed E-state index contributed by atoms with van der Waals surface area (Å²) in [6.45, 7) is 0. The number of aliphatic hydroxyl groups excluding tert-OH is 1. The Morgan fingerprint density at radius 1 is 0.733 bits per heavy atom. The van der Waals surface area contributed by atoms with E-state index >= 15 is 0 Å². The van der Waals surface area contributed by atoms with Crippen LogP contribution in [0.3, 0.4) is 0 Å². The number of hydrogen-bond donors (Lipinski definition) is 1. The Morgan fingerprint density at radius 2 is 0.733 bits per heavy atom. The van der Waals surface area contributed by atoms with E-state index in [2.05, 4.69) is 0 Å². The number of nitrogens with zero attached hydrogens (tertiary/aromatic N) is 2. The minimum absolute atomic E-state index is 0. The van der Waals surface area contributed by atoms with Gasteiger partial charge in [-0.15, -0.1) is 0 Å². The third-order valence-corrected chi connectivity index (χ3v) is 0. The Balaban J connectivity index is -0.00000000726. The molecule has 9 N–H and O–H groups in total. The van der Waals surface area contributed by atoms with E-state index in [1.807, 2.05) is 0 Å². The summed E-state index contributed by atoms with van der Waals surface area (Å²) in [6.07, 6.45) is 0. The number of rotatable bonds is 0. The largest absolute Gasteiger partial charge is 2.00 e. The predicted molar refractivity (Wildman–Crippen MR) is 43.3 cm³/mol. The first-order valence-corrected chi connectivity index (χ1v) is 1.54. The van der Waals surface area contributed by atoms with Crippen molar-refractivity contribution in [3.63, 3.8) is 0 Å². The smallest absolute Gasteiger partial charge is 0.412 e. The van der Waals surface area contributed by atoms with Crippen LogP contribution in [0.25, 0.3) is 0 Å². The van der Waals surface area contributed by atoms with Gasteiger partial charge in [0, 0.05) is 7.11 Å². The van der Waals surface area contributed by atoms with Crippen molar-refractivity contribution >= 4 is 0 Å². The molecule has 0 saturated heterocycles. The second-order valence-electron chi connectivity index (χ2n) is 0.447. The number of hydrogen-bond acceptors (Lipinski definition) is 7. The molecule has 0 aromatic carbocycles. The van der Waals surface area contributed by atoms with E-state index in [0.29, 0.717) is 0 Å². The summed E-state index contributed by atoms with van der Waals surface area (Å²) in [6, 6.07) is 0. The van der Waals surface area contributed by atoms with E-state index in [4.69, 9.17) is 35.7 Å². The maximum Gasteiger partial charge on any atom is 2.00 e. The molecule has 0 aromatic rings. The summed E-state index contributed by atoms with van der Waals surface area (Å²) in [5.41, 5.74) is 0. The van der Waals surface area contributed by atoms with Gasteiger partial charge in [-0.2, -0.15) is 0 Å². The molecule has 0 bridgehead atoms. The van der Waals surface area contributed by atoms with Crippen molar-refractivity contribution in [1.82, 2.24) is 0 Å². The van der Waals surface area contributed by atoms with Crippen LogP contribution in [0.5, 0.6) is 0 Å². The summed E-state index contributed by atoms with van der Waals surface area (Å²) in [7, 11) is 1.00. The van der Waals surface area contributed by atoms with Crippen molar-refractivity contribution in [2.45, 2.75) is 0 Å². The summed E-state index contributed by atoms with van der Waals surface area (Å²) in [5, 5.41) is 36.5. The molecule has 0 amide bonds. The van der Waals surface area contributed by atoms with Crippen LogP contribution >= 0.6 is 0 Å². The van der Waals surface area contributed by atoms with Crippen LogP contribution in [-0.2, 0) is 27.3 Å². The first-order chi connectivity index (χ1) is 4.46. The Labute approximate surface area is 103 Å². The Morgan fingerprint density at radius 3 is 0.733 bits per heavy atom. The molecule has 0 heterocycles. The fraction of sp³-hybridized carbons (Fsp3) is 1.00. The molecule has 0 saturated carbocycles. The maximum absolute atomic E-state index is 8.25. The zero-order valence-corrected chi connectivity index (χ0v) is 11.5. The van der Waals surface area contributed by atoms with Crippen molar-refractivity contribution in [1.29, 1.82) is 0 Å². The van der Waals surface area contributed by atoms with Gasteiger partial charge in [-0.25, -0.2) is 0 Å². The second-order valence-corrected chi connectivity index (χ2v) is 0.447. The molecule has 13 nitrogen and oxygen atoms in total. The molecule has 0 aliphatic rings. The molecular formula is CH12CdN2O11. The van der Waals surface area contributed by atoms with Gasteiger partial charge < -0.3 is 57.7 Å². The summed E-state index contributed by atoms with van der Waals surface area (Å²) < 4.78 is 0. The standard InChI is InChI=1S/CH4O.Cd.2NO3.4H2O/c1-2;;2*2-1(3)4;;;;/h2H,1H3;;;;4*1H2/q;+2;2*-1;;;;. The van der Waals surface area contributed by atoms with Crippen LogP contribution < -0.4 is 0 Å². The van der Waals surface area contributed by atoms with Gasteiger partial charge in [0.15, 0.2) is 0 Å². The van der Waals surface area contributed by atoms with Gasteiger partial charge in [0.25, 0.3) is 0 Å². The molecule has 0 rings (SSSR count). The Kier molecular flexibility index (Phi) is 318. The SMILES string of the molecule is CO.O.O.O.O.O=[N+]([O-])[O-].O=[N+]([O-])[O-].[Cd+2]. The predicted octanol–water partition coefficient (Wildman–Crippen LogP) is -4.17. The van der Waals surface area contributed by atoms with Gasteiger partial charge in [-0.1, -0.05) is 0 Å². The average Bonchev–Trinajstić information content (AvgIpc) is 1.66. The van der Waals surface area contributed by atoms with E-state index in [-0.39, 0.29) is 49.2 Å². The van der Waals surface area contributed by atoms with Crippen LogP contribution in [0, 0.1) is 30.6 Å². The summed E-state index contributed by atoms with van der Waals surface area (Å²) >= 11 is 0. The molecule has 0 spiro atoms. The topological polar surface area (TPSA) is 279 Å². The van der Waals surface area contributed by atoms with Crippen molar-refractivity contribution < 1.29 is 64.5 Å². The van der Waals surface area contributed by atoms with Crippen LogP contribution in [0.1, 0.15) is 0 Å². The molecule has 0 unspecified atom stereocenters. The number of aliphatic hydroxyl groups is 1. The molecule has 0 aliphatic heterocycles. The van der Waals surface area contributed by atoms with Gasteiger partial charge >= 0.3 is 27.3 Å². The molecule has 0 radical (unpaired) electrons. The minimum Gasteiger partial charge on any atom is -0.412 e. The maximum atomic E-state index is 8.25. The van der Waals surface area contributed by atoms with Gasteiger partial charge in [0.1, 0.15) is 0 Å². The van der Waals surface area contributed by atoms with Crippen LogP contribution in [0.2, 0.25) is 0 Å². The average molecular weight is 341 g/mol. The van der Waals surface area contributed by atoms with Crippen LogP contribution in [-0.4, -0.2) is 44.3 Å². The van der Waals surface area contributed by atoms with Crippen LogP contribution in [0.4, 0.5) is 0 Å². The van der Waals surface area contributed by atoms with E-state index in [9.17, 15) is 0 Å². The quantitative estimate of drug-likeness (QED) is 0.257. The third-order valence-electron chi connectivity index (χ3n) is 0. The Bertz CT molecular complexity index is 76.6. The fourth-order valence-electron chi connectivity index (χ4n) is 0. The van der Waals surface area contributed by atoms with Crippen molar-refractivity contribution in [2.24, 2.45) is 0 Å². The third kappa shape index (κ3) is 2110. The van der Waals surface area contributed by atoms with Crippen molar-refractivity contribution in [3.05, 3.63) is 30.6 Å². The zero-order chi connectivity index (χ0) is 9.15. The van der Waals surface area contributed by atoms with Gasteiger partial charge in [-0.3, -0.25) is 0 Å². The Hall–Kier alpha value is -0.878. The van der Waals surface area contributed by atoms with Gasteiger partial charge in [0.05, 0.1) is 10.2 Å². The van der Waals surface area contributed by atoms with Crippen molar-refractivity contribution in [3.8, 4) is 0 Å². The summed E-state index contributed by atoms with van der Waals surface area (Å²) in [5.74, 6) is 0. The minimum atomic E-state index is -1.75. The van der Waals surface area contributed by atoms with Gasteiger partial charge in [0.2, 0.25) is 0 Å². The first kappa shape index (κ1) is 64.9. The molecule has 94 valence electrons. The van der Waals surface area contributed by atoms with Crippen LogP contribution in [0.15, 0.2) is 0 Å². The van der Waals surface area contributed by atoms with Crippen molar-refractivity contribution in [2.75, 3.05) is 7.11 Å².